The third kappa shape index (κ3) is 2.70. The predicted octanol–water partition coefficient (Wildman–Crippen LogP) is 3.02. The first-order valence-corrected chi connectivity index (χ1v) is 7.20. The first-order chi connectivity index (χ1) is 9.74. The summed E-state index contributed by atoms with van der Waals surface area (Å²) in [6, 6.07) is 10.7. The fourth-order valence-electron chi connectivity index (χ4n) is 2.65. The van der Waals surface area contributed by atoms with Crippen LogP contribution in [0.4, 0.5) is 5.95 Å². The molecule has 1 aromatic carbocycles. The highest BCUT2D eigenvalue weighted by atomic mass is 16.5. The molecule has 1 N–H and O–H groups in total. The zero-order chi connectivity index (χ0) is 13.9. The van der Waals surface area contributed by atoms with Crippen molar-refractivity contribution in [1.29, 1.82) is 0 Å². The fraction of sp³-hybridized carbons (Fsp3) is 0.438. The molecule has 1 saturated heterocycles. The summed E-state index contributed by atoms with van der Waals surface area (Å²) in [6.45, 7) is 5.95. The molecule has 3 rings (SSSR count). The van der Waals surface area contributed by atoms with Crippen molar-refractivity contribution in [2.75, 3.05) is 18.5 Å². The minimum Gasteiger partial charge on any atom is -0.381 e. The van der Waals surface area contributed by atoms with E-state index in [0.29, 0.717) is 12.0 Å². The maximum Gasteiger partial charge on any atom is 0.207 e. The van der Waals surface area contributed by atoms with Gasteiger partial charge in [-0.05, 0) is 32.4 Å². The molecule has 20 heavy (non-hydrogen) atoms. The number of hydrogen-bond acceptors (Lipinski definition) is 3. The molecule has 0 spiro atoms. The van der Waals surface area contributed by atoms with Crippen molar-refractivity contribution in [3.05, 3.63) is 42.2 Å². The number of para-hydroxylation sites is 1. The van der Waals surface area contributed by atoms with Gasteiger partial charge in [-0.2, -0.15) is 0 Å². The fourth-order valence-corrected chi connectivity index (χ4v) is 2.65. The van der Waals surface area contributed by atoms with Crippen LogP contribution in [0.3, 0.4) is 0 Å². The molecule has 1 fully saturated rings. The molecule has 0 saturated carbocycles. The smallest absolute Gasteiger partial charge is 0.207 e. The monoisotopic (exact) mass is 271 g/mol. The van der Waals surface area contributed by atoms with Crippen LogP contribution in [0.25, 0.3) is 5.69 Å². The molecule has 2 heterocycles. The molecular formula is C16H21N3O. The highest BCUT2D eigenvalue weighted by molar-refractivity contribution is 5.43. The van der Waals surface area contributed by atoms with Gasteiger partial charge in [-0.25, -0.2) is 4.98 Å². The zero-order valence-electron chi connectivity index (χ0n) is 12.0. The summed E-state index contributed by atoms with van der Waals surface area (Å²) >= 11 is 0. The lowest BCUT2D eigenvalue weighted by Gasteiger charge is -2.20. The first kappa shape index (κ1) is 13.2. The Hall–Kier alpha value is -1.81. The normalized spacial score (nSPS) is 20.0. The van der Waals surface area contributed by atoms with E-state index in [0.717, 1.165) is 37.0 Å². The Kier molecular flexibility index (Phi) is 3.74. The highest BCUT2D eigenvalue weighted by Gasteiger charge is 2.23. The number of ether oxygens (including phenoxy) is 1. The number of nitrogens with one attached hydrogen (secondary N) is 1. The van der Waals surface area contributed by atoms with Crippen molar-refractivity contribution in [3.8, 4) is 5.69 Å². The Labute approximate surface area is 119 Å². The summed E-state index contributed by atoms with van der Waals surface area (Å²) in [5, 5.41) is 3.54. The van der Waals surface area contributed by atoms with E-state index in [2.05, 4.69) is 40.1 Å². The molecule has 1 aliphatic rings. The van der Waals surface area contributed by atoms with Gasteiger partial charge in [0.1, 0.15) is 0 Å². The predicted molar refractivity (Wildman–Crippen MR) is 80.3 cm³/mol. The van der Waals surface area contributed by atoms with E-state index in [4.69, 9.17) is 4.74 Å². The Morgan fingerprint density at radius 3 is 2.85 bits per heavy atom. The molecule has 2 aromatic rings. The van der Waals surface area contributed by atoms with Gasteiger partial charge in [-0.3, -0.25) is 4.57 Å². The van der Waals surface area contributed by atoms with Crippen LogP contribution < -0.4 is 5.32 Å². The Bertz CT molecular complexity index is 558. The van der Waals surface area contributed by atoms with Crippen molar-refractivity contribution < 1.29 is 4.74 Å². The van der Waals surface area contributed by atoms with Crippen LogP contribution in [0.1, 0.15) is 19.0 Å². The molecule has 4 heteroatoms. The van der Waals surface area contributed by atoms with Gasteiger partial charge in [0.25, 0.3) is 0 Å². The third-order valence-corrected chi connectivity index (χ3v) is 3.89. The number of rotatable bonds is 4. The quantitative estimate of drug-likeness (QED) is 0.929. The summed E-state index contributed by atoms with van der Waals surface area (Å²) < 4.78 is 7.58. The average molecular weight is 271 g/mol. The van der Waals surface area contributed by atoms with Crippen LogP contribution in [0.5, 0.6) is 0 Å². The highest BCUT2D eigenvalue weighted by Crippen LogP contribution is 2.22. The summed E-state index contributed by atoms with van der Waals surface area (Å²) in [6.07, 6.45) is 3.19. The standard InChI is InChI=1S/C16H21N3O/c1-12-10-19(15-6-4-3-5-7-15)16(17-12)18-13(2)14-8-9-20-11-14/h3-7,10,13-14H,8-9,11H2,1-2H3,(H,17,18). The van der Waals surface area contributed by atoms with Crippen LogP contribution in [0, 0.1) is 12.8 Å². The molecule has 0 amide bonds. The van der Waals surface area contributed by atoms with Gasteiger partial charge in [0.05, 0.1) is 12.3 Å². The minimum absolute atomic E-state index is 0.363. The van der Waals surface area contributed by atoms with Gasteiger partial charge in [-0.1, -0.05) is 18.2 Å². The van der Waals surface area contributed by atoms with Crippen molar-refractivity contribution in [1.82, 2.24) is 9.55 Å². The van der Waals surface area contributed by atoms with E-state index < -0.39 is 0 Å². The van der Waals surface area contributed by atoms with Crippen LogP contribution in [0.2, 0.25) is 0 Å². The van der Waals surface area contributed by atoms with E-state index in [1.54, 1.807) is 0 Å². The maximum atomic E-state index is 5.47. The number of anilines is 1. The second kappa shape index (κ2) is 5.67. The second-order valence-corrected chi connectivity index (χ2v) is 5.47. The van der Waals surface area contributed by atoms with Gasteiger partial charge in [-0.15, -0.1) is 0 Å². The molecular weight excluding hydrogens is 250 g/mol. The zero-order valence-corrected chi connectivity index (χ0v) is 12.0. The van der Waals surface area contributed by atoms with E-state index in [1.165, 1.54) is 0 Å². The van der Waals surface area contributed by atoms with Crippen molar-refractivity contribution >= 4 is 5.95 Å². The number of hydrogen-bond donors (Lipinski definition) is 1. The van der Waals surface area contributed by atoms with Crippen LogP contribution in [0.15, 0.2) is 36.5 Å². The number of aryl methyl sites for hydroxylation is 1. The molecule has 106 valence electrons. The van der Waals surface area contributed by atoms with E-state index >= 15 is 0 Å². The Morgan fingerprint density at radius 1 is 1.35 bits per heavy atom. The Morgan fingerprint density at radius 2 is 2.15 bits per heavy atom. The molecule has 1 aliphatic heterocycles. The molecule has 0 bridgehead atoms. The molecule has 2 unspecified atom stereocenters. The lowest BCUT2D eigenvalue weighted by Crippen LogP contribution is -2.27. The van der Waals surface area contributed by atoms with Gasteiger partial charge < -0.3 is 10.1 Å². The summed E-state index contributed by atoms with van der Waals surface area (Å²) in [4.78, 5) is 4.61. The molecule has 4 nitrogen and oxygen atoms in total. The topological polar surface area (TPSA) is 39.1 Å². The number of benzene rings is 1. The molecule has 1 aromatic heterocycles. The van der Waals surface area contributed by atoms with Gasteiger partial charge in [0.2, 0.25) is 5.95 Å². The molecule has 0 radical (unpaired) electrons. The lowest BCUT2D eigenvalue weighted by molar-refractivity contribution is 0.183. The first-order valence-electron chi connectivity index (χ1n) is 7.20. The summed E-state index contributed by atoms with van der Waals surface area (Å²) in [7, 11) is 0. The van der Waals surface area contributed by atoms with Gasteiger partial charge in [0.15, 0.2) is 0 Å². The van der Waals surface area contributed by atoms with Crippen LogP contribution in [-0.4, -0.2) is 28.8 Å². The average Bonchev–Trinajstić information content (AvgIpc) is 3.09. The van der Waals surface area contributed by atoms with E-state index in [-0.39, 0.29) is 0 Å². The third-order valence-electron chi connectivity index (χ3n) is 3.89. The maximum absolute atomic E-state index is 5.47. The van der Waals surface area contributed by atoms with E-state index in [9.17, 15) is 0 Å². The number of imidazole rings is 1. The summed E-state index contributed by atoms with van der Waals surface area (Å²) in [5.41, 5.74) is 2.15. The molecule has 0 aliphatic carbocycles. The van der Waals surface area contributed by atoms with Crippen molar-refractivity contribution in [2.45, 2.75) is 26.3 Å². The number of aromatic nitrogens is 2. The number of nitrogens with zero attached hydrogens (tertiary/aromatic N) is 2. The van der Waals surface area contributed by atoms with Crippen molar-refractivity contribution in [3.63, 3.8) is 0 Å². The second-order valence-electron chi connectivity index (χ2n) is 5.47. The van der Waals surface area contributed by atoms with Crippen LogP contribution >= 0.6 is 0 Å². The largest absolute Gasteiger partial charge is 0.381 e. The van der Waals surface area contributed by atoms with Gasteiger partial charge >= 0.3 is 0 Å². The SMILES string of the molecule is Cc1cn(-c2ccccc2)c(NC(C)C2CCOC2)n1. The minimum atomic E-state index is 0.363. The summed E-state index contributed by atoms with van der Waals surface area (Å²) in [5.74, 6) is 1.48. The van der Waals surface area contributed by atoms with Crippen LogP contribution in [-0.2, 0) is 4.74 Å². The molecule has 2 atom stereocenters. The van der Waals surface area contributed by atoms with Crippen molar-refractivity contribution in [2.24, 2.45) is 5.92 Å². The lowest BCUT2D eigenvalue weighted by atomic mass is 10.0. The Balaban J connectivity index is 1.82. The van der Waals surface area contributed by atoms with Gasteiger partial charge in [0, 0.05) is 30.5 Å². The van der Waals surface area contributed by atoms with E-state index in [1.807, 2.05) is 25.1 Å².